The summed E-state index contributed by atoms with van der Waals surface area (Å²) in [7, 11) is 0. The van der Waals surface area contributed by atoms with Gasteiger partial charge < -0.3 is 0 Å². The smallest absolute Gasteiger partial charge is 0.238 e. The summed E-state index contributed by atoms with van der Waals surface area (Å²) in [5, 5.41) is 0. The Labute approximate surface area is 125 Å². The van der Waals surface area contributed by atoms with Gasteiger partial charge in [-0.05, 0) is 42.9 Å². The van der Waals surface area contributed by atoms with E-state index in [-0.39, 0.29) is 35.5 Å². The summed E-state index contributed by atoms with van der Waals surface area (Å²) in [6.45, 7) is 0. The Bertz CT molecular complexity index is 607. The van der Waals surface area contributed by atoms with Crippen LogP contribution in [0.5, 0.6) is 0 Å². The van der Waals surface area contributed by atoms with Gasteiger partial charge in [0.25, 0.3) is 0 Å². The first-order valence-corrected chi connectivity index (χ1v) is 7.78. The number of allylic oxidation sites excluding steroid dienone is 2. The molecule has 1 saturated carbocycles. The van der Waals surface area contributed by atoms with Crippen LogP contribution in [0.4, 0.5) is 5.69 Å². The van der Waals surface area contributed by atoms with Crippen LogP contribution in [0.3, 0.4) is 0 Å². The highest BCUT2D eigenvalue weighted by Crippen LogP contribution is 2.50. The molecule has 1 aliphatic heterocycles. The van der Waals surface area contributed by atoms with E-state index in [0.29, 0.717) is 5.69 Å². The normalized spacial score (nSPS) is 34.8. The molecule has 4 heteroatoms. The number of fused-ring (bicyclic) bond motifs is 1. The van der Waals surface area contributed by atoms with Crippen molar-refractivity contribution in [1.29, 1.82) is 0 Å². The van der Waals surface area contributed by atoms with E-state index in [1.165, 1.54) is 4.90 Å². The predicted molar refractivity (Wildman–Crippen MR) is 79.0 cm³/mol. The number of rotatable bonds is 1. The van der Waals surface area contributed by atoms with Crippen LogP contribution in [0.25, 0.3) is 0 Å². The average Bonchev–Trinajstić information content (AvgIpc) is 2.74. The molecule has 5 rings (SSSR count). The SMILES string of the molecule is O=C1[C@@H]2[C@@H](C(=O)N1c1cccc(Br)c1)[C@H]1C=C[C@@H]2CC1. The van der Waals surface area contributed by atoms with Crippen molar-refractivity contribution in [3.63, 3.8) is 0 Å². The lowest BCUT2D eigenvalue weighted by Gasteiger charge is -2.38. The molecule has 0 aromatic heterocycles. The zero-order valence-electron chi connectivity index (χ0n) is 10.8. The second kappa shape index (κ2) is 4.29. The number of anilines is 1. The third kappa shape index (κ3) is 1.57. The maximum atomic E-state index is 12.7. The van der Waals surface area contributed by atoms with E-state index in [0.717, 1.165) is 17.3 Å². The average molecular weight is 332 g/mol. The number of benzene rings is 1. The van der Waals surface area contributed by atoms with Crippen molar-refractivity contribution in [2.75, 3.05) is 4.90 Å². The summed E-state index contributed by atoms with van der Waals surface area (Å²) >= 11 is 3.40. The molecule has 20 heavy (non-hydrogen) atoms. The van der Waals surface area contributed by atoms with E-state index >= 15 is 0 Å². The quantitative estimate of drug-likeness (QED) is 0.585. The van der Waals surface area contributed by atoms with Gasteiger partial charge in [-0.3, -0.25) is 9.59 Å². The van der Waals surface area contributed by atoms with Crippen LogP contribution in [0.2, 0.25) is 0 Å². The molecule has 4 aliphatic rings. The molecule has 1 aromatic carbocycles. The van der Waals surface area contributed by atoms with Crippen LogP contribution in [-0.2, 0) is 9.59 Å². The fraction of sp³-hybridized carbons (Fsp3) is 0.375. The number of carbonyl (C=O) groups excluding carboxylic acids is 2. The van der Waals surface area contributed by atoms with Crippen molar-refractivity contribution in [3.8, 4) is 0 Å². The van der Waals surface area contributed by atoms with Crippen LogP contribution < -0.4 is 4.90 Å². The lowest BCUT2D eigenvalue weighted by atomic mass is 9.63. The summed E-state index contributed by atoms with van der Waals surface area (Å²) < 4.78 is 0.881. The minimum absolute atomic E-state index is 0.0165. The number of hydrogen-bond acceptors (Lipinski definition) is 2. The van der Waals surface area contributed by atoms with Gasteiger partial charge in [-0.25, -0.2) is 4.90 Å². The fourth-order valence-electron chi connectivity index (χ4n) is 3.94. The van der Waals surface area contributed by atoms with Crippen LogP contribution in [0, 0.1) is 23.7 Å². The van der Waals surface area contributed by atoms with Gasteiger partial charge in [0.05, 0.1) is 17.5 Å². The molecule has 0 unspecified atom stereocenters. The Morgan fingerprint density at radius 1 is 1.00 bits per heavy atom. The molecular weight excluding hydrogens is 318 g/mol. The molecule has 1 aromatic rings. The molecule has 1 saturated heterocycles. The highest BCUT2D eigenvalue weighted by molar-refractivity contribution is 9.10. The van der Waals surface area contributed by atoms with Gasteiger partial charge in [0.1, 0.15) is 0 Å². The van der Waals surface area contributed by atoms with E-state index < -0.39 is 0 Å². The molecule has 2 bridgehead atoms. The Balaban J connectivity index is 1.77. The van der Waals surface area contributed by atoms with Crippen molar-refractivity contribution in [3.05, 3.63) is 40.9 Å². The number of hydrogen-bond donors (Lipinski definition) is 0. The second-order valence-corrected chi connectivity index (χ2v) is 6.75. The molecule has 0 N–H and O–H groups in total. The molecule has 2 fully saturated rings. The first-order chi connectivity index (χ1) is 9.66. The minimum atomic E-state index is -0.134. The van der Waals surface area contributed by atoms with E-state index in [2.05, 4.69) is 28.1 Å². The van der Waals surface area contributed by atoms with Crippen molar-refractivity contribution in [1.82, 2.24) is 0 Å². The maximum Gasteiger partial charge on any atom is 0.238 e. The number of imide groups is 1. The summed E-state index contributed by atoms with van der Waals surface area (Å²) in [5.41, 5.74) is 0.683. The molecule has 1 heterocycles. The van der Waals surface area contributed by atoms with E-state index in [4.69, 9.17) is 0 Å². The Morgan fingerprint density at radius 3 is 2.10 bits per heavy atom. The van der Waals surface area contributed by atoms with Gasteiger partial charge in [-0.15, -0.1) is 0 Å². The molecule has 0 spiro atoms. The Hall–Kier alpha value is -1.42. The Kier molecular flexibility index (Phi) is 2.64. The second-order valence-electron chi connectivity index (χ2n) is 5.83. The van der Waals surface area contributed by atoms with E-state index in [9.17, 15) is 9.59 Å². The van der Waals surface area contributed by atoms with Gasteiger partial charge in [0.2, 0.25) is 11.8 Å². The van der Waals surface area contributed by atoms with Crippen LogP contribution in [0.1, 0.15) is 12.8 Å². The zero-order chi connectivity index (χ0) is 13.9. The fourth-order valence-corrected chi connectivity index (χ4v) is 4.33. The van der Waals surface area contributed by atoms with E-state index in [1.807, 2.05) is 24.3 Å². The van der Waals surface area contributed by atoms with Gasteiger partial charge in [-0.2, -0.15) is 0 Å². The van der Waals surface area contributed by atoms with Crippen molar-refractivity contribution in [2.45, 2.75) is 12.8 Å². The van der Waals surface area contributed by atoms with Crippen molar-refractivity contribution >= 4 is 33.4 Å². The summed E-state index contributed by atoms with van der Waals surface area (Å²) in [5.74, 6) is 0.196. The van der Waals surface area contributed by atoms with E-state index in [1.54, 1.807) is 0 Å². The molecule has 3 nitrogen and oxygen atoms in total. The lowest BCUT2D eigenvalue weighted by Crippen LogP contribution is -2.38. The minimum Gasteiger partial charge on any atom is -0.274 e. The molecule has 0 radical (unpaired) electrons. The molecule has 3 aliphatic carbocycles. The highest BCUT2D eigenvalue weighted by Gasteiger charge is 2.56. The monoisotopic (exact) mass is 331 g/mol. The third-order valence-electron chi connectivity index (χ3n) is 4.83. The van der Waals surface area contributed by atoms with Crippen LogP contribution in [0.15, 0.2) is 40.9 Å². The largest absolute Gasteiger partial charge is 0.274 e. The van der Waals surface area contributed by atoms with Crippen molar-refractivity contribution in [2.24, 2.45) is 23.7 Å². The van der Waals surface area contributed by atoms with Gasteiger partial charge in [-0.1, -0.05) is 34.1 Å². The molecule has 2 amide bonds. The van der Waals surface area contributed by atoms with Crippen molar-refractivity contribution < 1.29 is 9.59 Å². The van der Waals surface area contributed by atoms with Crippen LogP contribution >= 0.6 is 15.9 Å². The van der Waals surface area contributed by atoms with Crippen LogP contribution in [-0.4, -0.2) is 11.8 Å². The third-order valence-corrected chi connectivity index (χ3v) is 5.32. The Morgan fingerprint density at radius 2 is 1.60 bits per heavy atom. The molecule has 4 atom stereocenters. The topological polar surface area (TPSA) is 37.4 Å². The number of halogens is 1. The molecular formula is C16H14BrNO2. The van der Waals surface area contributed by atoms with Gasteiger partial charge >= 0.3 is 0 Å². The molecule has 102 valence electrons. The highest BCUT2D eigenvalue weighted by atomic mass is 79.9. The van der Waals surface area contributed by atoms with Gasteiger partial charge in [0.15, 0.2) is 0 Å². The lowest BCUT2D eigenvalue weighted by molar-refractivity contribution is -0.124. The first kappa shape index (κ1) is 12.3. The number of nitrogens with zero attached hydrogens (tertiary/aromatic N) is 1. The summed E-state index contributed by atoms with van der Waals surface area (Å²) in [6, 6.07) is 7.41. The number of carbonyl (C=O) groups is 2. The standard InChI is InChI=1S/C16H14BrNO2/c17-11-2-1-3-12(8-11)18-15(19)13-9-4-5-10(7-6-9)14(13)16(18)20/h1-5,8-10,13-14H,6-7H2/t9-,10+,13-,14-/m0/s1. The summed E-state index contributed by atoms with van der Waals surface area (Å²) in [6.07, 6.45) is 6.36. The maximum absolute atomic E-state index is 12.7. The predicted octanol–water partition coefficient (Wildman–Crippen LogP) is 3.15. The zero-order valence-corrected chi connectivity index (χ0v) is 12.4. The first-order valence-electron chi connectivity index (χ1n) is 6.98. The summed E-state index contributed by atoms with van der Waals surface area (Å²) in [4.78, 5) is 26.8. The van der Waals surface area contributed by atoms with Gasteiger partial charge in [0, 0.05) is 4.47 Å². The number of amides is 2.